The number of nitrogens with one attached hydrogen (secondary N) is 1. The maximum Gasteiger partial charge on any atom is 0.240 e. The Morgan fingerprint density at radius 3 is 3.00 bits per heavy atom. The molecule has 17 heavy (non-hydrogen) atoms. The van der Waals surface area contributed by atoms with Crippen molar-refractivity contribution in [2.45, 2.75) is 17.3 Å². The van der Waals surface area contributed by atoms with Gasteiger partial charge in [0.15, 0.2) is 4.34 Å². The van der Waals surface area contributed by atoms with E-state index in [9.17, 15) is 4.79 Å². The highest BCUT2D eigenvalue weighted by Crippen LogP contribution is 2.29. The van der Waals surface area contributed by atoms with Gasteiger partial charge in [-0.25, -0.2) is 4.98 Å². The van der Waals surface area contributed by atoms with E-state index in [1.807, 2.05) is 24.5 Å². The Bertz CT molecular complexity index is 551. The van der Waals surface area contributed by atoms with Gasteiger partial charge in [-0.05, 0) is 31.4 Å². The summed E-state index contributed by atoms with van der Waals surface area (Å²) in [6, 6.07) is 5.16. The van der Waals surface area contributed by atoms with Crippen LogP contribution in [0.2, 0.25) is 0 Å². The number of thioether (sulfide) groups is 1. The van der Waals surface area contributed by atoms with Gasteiger partial charge in [0.05, 0.1) is 16.3 Å². The third-order valence-corrected chi connectivity index (χ3v) is 4.23. The van der Waals surface area contributed by atoms with Crippen LogP contribution in [-0.2, 0) is 4.79 Å². The summed E-state index contributed by atoms with van der Waals surface area (Å²) in [5.41, 5.74) is 7.21. The van der Waals surface area contributed by atoms with Crippen molar-refractivity contribution in [1.29, 1.82) is 0 Å². The molecule has 0 spiro atoms. The average Bonchev–Trinajstić information content (AvgIpc) is 2.70. The van der Waals surface area contributed by atoms with Crippen molar-refractivity contribution in [3.8, 4) is 0 Å². The second-order valence-corrected chi connectivity index (χ2v) is 5.73. The Morgan fingerprint density at radius 1 is 1.59 bits per heavy atom. The number of carbonyl (C=O) groups is 1. The summed E-state index contributed by atoms with van der Waals surface area (Å²) >= 11 is 3.24. The van der Waals surface area contributed by atoms with Crippen molar-refractivity contribution in [3.05, 3.63) is 18.2 Å². The molecule has 1 aromatic carbocycles. The van der Waals surface area contributed by atoms with Crippen LogP contribution in [0.15, 0.2) is 22.5 Å². The number of benzene rings is 1. The molecule has 1 atom stereocenters. The number of rotatable bonds is 3. The summed E-state index contributed by atoms with van der Waals surface area (Å²) < 4.78 is 2.09. The van der Waals surface area contributed by atoms with E-state index in [4.69, 9.17) is 5.73 Å². The predicted octanol–water partition coefficient (Wildman–Crippen LogP) is 2.30. The number of amides is 1. The van der Waals surface area contributed by atoms with Gasteiger partial charge in [-0.3, -0.25) is 4.79 Å². The van der Waals surface area contributed by atoms with Gasteiger partial charge < -0.3 is 11.1 Å². The third kappa shape index (κ3) is 2.77. The van der Waals surface area contributed by atoms with E-state index in [0.29, 0.717) is 0 Å². The fourth-order valence-electron chi connectivity index (χ4n) is 1.32. The SMILES string of the molecule is CSc1nc2ccc(NC(=O)[C@@H](C)N)cc2s1. The van der Waals surface area contributed by atoms with Crippen LogP contribution in [0.4, 0.5) is 5.69 Å². The Balaban J connectivity index is 2.28. The van der Waals surface area contributed by atoms with Crippen LogP contribution in [0.5, 0.6) is 0 Å². The second-order valence-electron chi connectivity index (χ2n) is 3.64. The molecule has 2 rings (SSSR count). The fraction of sp³-hybridized carbons (Fsp3) is 0.273. The highest BCUT2D eigenvalue weighted by atomic mass is 32.2. The van der Waals surface area contributed by atoms with Crippen molar-refractivity contribution in [1.82, 2.24) is 4.98 Å². The first kappa shape index (κ1) is 12.3. The molecule has 1 amide bonds. The molecule has 6 heteroatoms. The molecule has 0 saturated carbocycles. The molecular weight excluding hydrogens is 254 g/mol. The van der Waals surface area contributed by atoms with E-state index < -0.39 is 6.04 Å². The number of thiazole rings is 1. The zero-order valence-electron chi connectivity index (χ0n) is 9.56. The van der Waals surface area contributed by atoms with E-state index in [0.717, 1.165) is 20.2 Å². The van der Waals surface area contributed by atoms with Crippen molar-refractivity contribution in [2.75, 3.05) is 11.6 Å². The van der Waals surface area contributed by atoms with E-state index >= 15 is 0 Å². The predicted molar refractivity (Wildman–Crippen MR) is 73.7 cm³/mol. The summed E-state index contributed by atoms with van der Waals surface area (Å²) in [6.45, 7) is 1.66. The van der Waals surface area contributed by atoms with Crippen molar-refractivity contribution in [2.24, 2.45) is 5.73 Å². The zero-order chi connectivity index (χ0) is 12.4. The first-order valence-electron chi connectivity index (χ1n) is 5.11. The lowest BCUT2D eigenvalue weighted by molar-refractivity contribution is -0.117. The van der Waals surface area contributed by atoms with Gasteiger partial charge in [-0.1, -0.05) is 11.8 Å². The number of aromatic nitrogens is 1. The molecule has 0 aliphatic heterocycles. The van der Waals surface area contributed by atoms with Gasteiger partial charge in [0.25, 0.3) is 0 Å². The van der Waals surface area contributed by atoms with Crippen LogP contribution >= 0.6 is 23.1 Å². The minimum atomic E-state index is -0.506. The smallest absolute Gasteiger partial charge is 0.240 e. The largest absolute Gasteiger partial charge is 0.325 e. The van der Waals surface area contributed by atoms with Gasteiger partial charge in [0.2, 0.25) is 5.91 Å². The topological polar surface area (TPSA) is 68.0 Å². The van der Waals surface area contributed by atoms with Crippen molar-refractivity contribution < 1.29 is 4.79 Å². The third-order valence-electron chi connectivity index (χ3n) is 2.22. The number of nitrogens with zero attached hydrogens (tertiary/aromatic N) is 1. The Kier molecular flexibility index (Phi) is 3.66. The molecule has 0 aliphatic rings. The molecule has 0 saturated heterocycles. The minimum Gasteiger partial charge on any atom is -0.325 e. The molecule has 0 radical (unpaired) electrons. The van der Waals surface area contributed by atoms with Crippen molar-refractivity contribution >= 4 is 44.9 Å². The van der Waals surface area contributed by atoms with E-state index in [1.54, 1.807) is 30.0 Å². The molecule has 1 heterocycles. The summed E-state index contributed by atoms with van der Waals surface area (Å²) in [7, 11) is 0. The van der Waals surface area contributed by atoms with Gasteiger partial charge in [0.1, 0.15) is 0 Å². The number of nitrogens with two attached hydrogens (primary N) is 1. The molecule has 90 valence electrons. The molecule has 4 nitrogen and oxygen atoms in total. The maximum atomic E-state index is 11.5. The molecular formula is C11H13N3OS2. The number of fused-ring (bicyclic) bond motifs is 1. The Hall–Kier alpha value is -1.11. The monoisotopic (exact) mass is 267 g/mol. The quantitative estimate of drug-likeness (QED) is 0.837. The molecule has 0 unspecified atom stereocenters. The number of carbonyl (C=O) groups excluding carboxylic acids is 1. The lowest BCUT2D eigenvalue weighted by atomic mass is 10.2. The number of hydrogen-bond acceptors (Lipinski definition) is 5. The van der Waals surface area contributed by atoms with E-state index in [2.05, 4.69) is 10.3 Å². The second kappa shape index (κ2) is 5.03. The van der Waals surface area contributed by atoms with Crippen LogP contribution in [-0.4, -0.2) is 23.2 Å². The lowest BCUT2D eigenvalue weighted by Crippen LogP contribution is -2.32. The fourth-order valence-corrected chi connectivity index (χ4v) is 2.85. The Morgan fingerprint density at radius 2 is 2.35 bits per heavy atom. The first-order valence-corrected chi connectivity index (χ1v) is 7.15. The molecule has 0 fully saturated rings. The summed E-state index contributed by atoms with van der Waals surface area (Å²) in [5.74, 6) is -0.182. The van der Waals surface area contributed by atoms with Gasteiger partial charge >= 0.3 is 0 Å². The highest BCUT2D eigenvalue weighted by molar-refractivity contribution is 8.00. The average molecular weight is 267 g/mol. The zero-order valence-corrected chi connectivity index (χ0v) is 11.2. The van der Waals surface area contributed by atoms with Crippen LogP contribution < -0.4 is 11.1 Å². The lowest BCUT2D eigenvalue weighted by Gasteiger charge is -2.07. The minimum absolute atomic E-state index is 0.182. The van der Waals surface area contributed by atoms with Crippen LogP contribution in [0.3, 0.4) is 0 Å². The molecule has 0 bridgehead atoms. The maximum absolute atomic E-state index is 11.5. The van der Waals surface area contributed by atoms with E-state index in [-0.39, 0.29) is 5.91 Å². The molecule has 1 aromatic heterocycles. The van der Waals surface area contributed by atoms with E-state index in [1.165, 1.54) is 0 Å². The molecule has 3 N–H and O–H groups in total. The summed E-state index contributed by atoms with van der Waals surface area (Å²) in [6.07, 6.45) is 2.00. The molecule has 2 aromatic rings. The Labute approximate surface area is 108 Å². The van der Waals surface area contributed by atoms with Crippen LogP contribution in [0, 0.1) is 0 Å². The van der Waals surface area contributed by atoms with Gasteiger partial charge in [-0.15, -0.1) is 11.3 Å². The van der Waals surface area contributed by atoms with Crippen LogP contribution in [0.1, 0.15) is 6.92 Å². The first-order chi connectivity index (χ1) is 8.10. The van der Waals surface area contributed by atoms with Crippen LogP contribution in [0.25, 0.3) is 10.2 Å². The number of anilines is 1. The highest BCUT2D eigenvalue weighted by Gasteiger charge is 2.09. The van der Waals surface area contributed by atoms with Gasteiger partial charge in [0, 0.05) is 5.69 Å². The normalized spacial score (nSPS) is 12.6. The summed E-state index contributed by atoms with van der Waals surface area (Å²) in [5, 5.41) is 2.77. The van der Waals surface area contributed by atoms with Crippen molar-refractivity contribution in [3.63, 3.8) is 0 Å². The summed E-state index contributed by atoms with van der Waals surface area (Å²) in [4.78, 5) is 15.9. The standard InChI is InChI=1S/C11H13N3OS2/c1-6(12)10(15)13-7-3-4-8-9(5-7)17-11(14-8)16-2/h3-6H,12H2,1-2H3,(H,13,15)/t6-/m1/s1. The van der Waals surface area contributed by atoms with Gasteiger partial charge in [-0.2, -0.15) is 0 Å². The molecule has 0 aliphatic carbocycles. The number of hydrogen-bond donors (Lipinski definition) is 2.